The van der Waals surface area contributed by atoms with Crippen LogP contribution in [0.3, 0.4) is 0 Å². The molecule has 1 atom stereocenters. The van der Waals surface area contributed by atoms with Crippen molar-refractivity contribution in [1.82, 2.24) is 0 Å². The Morgan fingerprint density at radius 3 is 2.00 bits per heavy atom. The first-order valence-electron chi connectivity index (χ1n) is 2.63. The zero-order chi connectivity index (χ0) is 8.36. The Hall–Kier alpha value is -1.10. The van der Waals surface area contributed by atoms with Gasteiger partial charge in [0.15, 0.2) is 0 Å². The third kappa shape index (κ3) is 2.45. The minimum absolute atomic E-state index is 0.630. The van der Waals surface area contributed by atoms with E-state index in [2.05, 4.69) is 5.73 Å². The Morgan fingerprint density at radius 2 is 1.90 bits per heavy atom. The highest BCUT2D eigenvalue weighted by Crippen LogP contribution is 1.98. The average Bonchev–Trinajstić information content (AvgIpc) is 1.60. The van der Waals surface area contributed by atoms with Crippen LogP contribution in [-0.2, 0) is 9.59 Å². The van der Waals surface area contributed by atoms with Gasteiger partial charge in [-0.2, -0.15) is 0 Å². The highest BCUT2D eigenvalue weighted by Gasteiger charge is 2.24. The Balaban J connectivity index is 4.13. The summed E-state index contributed by atoms with van der Waals surface area (Å²) >= 11 is 0. The summed E-state index contributed by atoms with van der Waals surface area (Å²) in [5.41, 5.74) is 1.54. The number of carbonyl (C=O) groups is 2. The Bertz CT molecular complexity index is 163. The molecule has 0 saturated carbocycles. The van der Waals surface area contributed by atoms with Crippen LogP contribution in [0.1, 0.15) is 13.3 Å². The van der Waals surface area contributed by atoms with Crippen LogP contribution in [0.2, 0.25) is 0 Å². The molecule has 0 spiro atoms. The van der Waals surface area contributed by atoms with Crippen LogP contribution < -0.4 is 15.9 Å². The van der Waals surface area contributed by atoms with Gasteiger partial charge < -0.3 is 25.5 Å². The maximum absolute atomic E-state index is 10.1. The van der Waals surface area contributed by atoms with Gasteiger partial charge in [-0.05, 0) is 6.92 Å². The van der Waals surface area contributed by atoms with E-state index in [9.17, 15) is 19.8 Å². The number of quaternary nitrogens is 1. The molecule has 0 aromatic heterocycles. The predicted molar refractivity (Wildman–Crippen MR) is 25.9 cm³/mol. The molecule has 0 aliphatic carbocycles. The number of hydrogen-bond donors (Lipinski definition) is 1. The standard InChI is InChI=1S/C5H9NO4/c1-5(6,4(9)10)2-3(7)8/h2,6H2,1H3,(H,7,8)(H,9,10)/p-1/t5-/m1/s1. The van der Waals surface area contributed by atoms with E-state index in [0.29, 0.717) is 0 Å². The molecule has 0 saturated heterocycles. The number of aliphatic carboxylic acids is 2. The maximum atomic E-state index is 10.1. The quantitative estimate of drug-likeness (QED) is 0.436. The summed E-state index contributed by atoms with van der Waals surface area (Å²) in [6.07, 6.45) is -0.630. The van der Waals surface area contributed by atoms with Crippen molar-refractivity contribution in [3.8, 4) is 0 Å². The molecule has 0 aliphatic heterocycles. The molecule has 10 heavy (non-hydrogen) atoms. The van der Waals surface area contributed by atoms with Crippen molar-refractivity contribution in [1.29, 1.82) is 0 Å². The van der Waals surface area contributed by atoms with Gasteiger partial charge in [-0.15, -0.1) is 0 Å². The van der Waals surface area contributed by atoms with Gasteiger partial charge in [0.2, 0.25) is 0 Å². The summed E-state index contributed by atoms with van der Waals surface area (Å²) in [4.78, 5) is 20.0. The van der Waals surface area contributed by atoms with Crippen LogP contribution in [0.15, 0.2) is 0 Å². The third-order valence-electron chi connectivity index (χ3n) is 1.03. The van der Waals surface area contributed by atoms with Crippen LogP contribution in [0.4, 0.5) is 0 Å². The van der Waals surface area contributed by atoms with Crippen LogP contribution in [0, 0.1) is 0 Å². The van der Waals surface area contributed by atoms with Crippen molar-refractivity contribution < 1.29 is 25.5 Å². The lowest BCUT2D eigenvalue weighted by Gasteiger charge is -2.21. The van der Waals surface area contributed by atoms with Gasteiger partial charge in [-0.1, -0.05) is 0 Å². The van der Waals surface area contributed by atoms with Crippen molar-refractivity contribution in [2.75, 3.05) is 0 Å². The Morgan fingerprint density at radius 1 is 1.50 bits per heavy atom. The second-order valence-electron chi connectivity index (χ2n) is 2.40. The van der Waals surface area contributed by atoms with E-state index in [1.807, 2.05) is 0 Å². The molecule has 5 heteroatoms. The fourth-order valence-electron chi connectivity index (χ4n) is 0.391. The molecular weight excluding hydrogens is 138 g/mol. The van der Waals surface area contributed by atoms with Gasteiger partial charge in [0.1, 0.15) is 11.5 Å². The number of hydrogen-bond acceptors (Lipinski definition) is 4. The average molecular weight is 146 g/mol. The molecule has 58 valence electrons. The summed E-state index contributed by atoms with van der Waals surface area (Å²) in [6, 6.07) is 0. The molecule has 0 fully saturated rings. The molecule has 0 aromatic carbocycles. The van der Waals surface area contributed by atoms with Crippen LogP contribution >= 0.6 is 0 Å². The number of carboxylic acids is 2. The van der Waals surface area contributed by atoms with Crippen LogP contribution in [-0.4, -0.2) is 17.5 Å². The number of carbonyl (C=O) groups excluding carboxylic acids is 2. The van der Waals surface area contributed by atoms with Crippen molar-refractivity contribution in [2.24, 2.45) is 0 Å². The van der Waals surface area contributed by atoms with Crippen molar-refractivity contribution in [3.63, 3.8) is 0 Å². The molecule has 3 N–H and O–H groups in total. The normalized spacial score (nSPS) is 15.8. The largest absolute Gasteiger partial charge is 0.550 e. The van der Waals surface area contributed by atoms with Crippen LogP contribution in [0.25, 0.3) is 0 Å². The highest BCUT2D eigenvalue weighted by molar-refractivity contribution is 5.80. The first-order chi connectivity index (χ1) is 4.36. The summed E-state index contributed by atoms with van der Waals surface area (Å²) in [5.74, 6) is -2.93. The fourth-order valence-corrected chi connectivity index (χ4v) is 0.391. The second kappa shape index (κ2) is 2.66. The summed E-state index contributed by atoms with van der Waals surface area (Å²) in [7, 11) is 0. The smallest absolute Gasteiger partial charge is 0.137 e. The predicted octanol–water partition coefficient (Wildman–Crippen LogP) is -4.12. The topological polar surface area (TPSA) is 108 Å². The lowest BCUT2D eigenvalue weighted by Crippen LogP contribution is -2.79. The van der Waals surface area contributed by atoms with Crippen molar-refractivity contribution >= 4 is 11.9 Å². The maximum Gasteiger partial charge on any atom is 0.137 e. The molecule has 0 aromatic rings. The molecule has 0 radical (unpaired) electrons. The molecular formula is C5H8NO4-. The second-order valence-corrected chi connectivity index (χ2v) is 2.40. The van der Waals surface area contributed by atoms with E-state index in [0.717, 1.165) is 6.92 Å². The fraction of sp³-hybridized carbons (Fsp3) is 0.600. The van der Waals surface area contributed by atoms with E-state index in [4.69, 9.17) is 0 Å². The van der Waals surface area contributed by atoms with Crippen LogP contribution in [0.5, 0.6) is 0 Å². The first-order valence-corrected chi connectivity index (χ1v) is 2.63. The van der Waals surface area contributed by atoms with E-state index < -0.39 is 23.9 Å². The minimum atomic E-state index is -1.58. The van der Waals surface area contributed by atoms with Gasteiger partial charge in [0, 0.05) is 12.4 Å². The van der Waals surface area contributed by atoms with E-state index in [1.165, 1.54) is 0 Å². The molecule has 0 aliphatic rings. The Labute approximate surface area is 57.5 Å². The molecule has 0 unspecified atom stereocenters. The molecule has 0 rings (SSSR count). The Kier molecular flexibility index (Phi) is 2.36. The first kappa shape index (κ1) is 8.90. The van der Waals surface area contributed by atoms with Gasteiger partial charge in [0.25, 0.3) is 0 Å². The van der Waals surface area contributed by atoms with E-state index in [1.54, 1.807) is 0 Å². The van der Waals surface area contributed by atoms with Crippen molar-refractivity contribution in [2.45, 2.75) is 18.9 Å². The van der Waals surface area contributed by atoms with Crippen molar-refractivity contribution in [3.05, 3.63) is 0 Å². The zero-order valence-corrected chi connectivity index (χ0v) is 5.55. The minimum Gasteiger partial charge on any atom is -0.550 e. The highest BCUT2D eigenvalue weighted by atomic mass is 16.4. The number of rotatable bonds is 3. The van der Waals surface area contributed by atoms with Gasteiger partial charge in [-0.3, -0.25) is 0 Å². The molecule has 0 heterocycles. The SMILES string of the molecule is C[C@@]([NH3+])(CC(=O)[O-])C(=O)[O-]. The molecule has 0 amide bonds. The summed E-state index contributed by atoms with van der Waals surface area (Å²) < 4.78 is 0. The van der Waals surface area contributed by atoms with Gasteiger partial charge in [0.05, 0.1) is 0 Å². The lowest BCUT2D eigenvalue weighted by molar-refractivity contribution is -0.483. The summed E-state index contributed by atoms with van der Waals surface area (Å²) in [5, 5.41) is 20.0. The lowest BCUT2D eigenvalue weighted by atomic mass is 10.0. The van der Waals surface area contributed by atoms with Gasteiger partial charge in [-0.25, -0.2) is 0 Å². The number of carboxylic acid groups (broad SMARTS) is 2. The third-order valence-corrected chi connectivity index (χ3v) is 1.03. The summed E-state index contributed by atoms with van der Waals surface area (Å²) in [6.45, 7) is 1.16. The van der Waals surface area contributed by atoms with E-state index >= 15 is 0 Å². The zero-order valence-electron chi connectivity index (χ0n) is 5.55. The molecule has 5 nitrogen and oxygen atoms in total. The van der Waals surface area contributed by atoms with Gasteiger partial charge >= 0.3 is 0 Å². The van der Waals surface area contributed by atoms with E-state index in [-0.39, 0.29) is 0 Å². The monoisotopic (exact) mass is 146 g/mol. The molecule has 0 bridgehead atoms.